The van der Waals surface area contributed by atoms with Gasteiger partial charge in [0.1, 0.15) is 16.7 Å². The van der Waals surface area contributed by atoms with E-state index in [1.54, 1.807) is 61.5 Å². The number of ether oxygens (including phenoxy) is 1. The van der Waals surface area contributed by atoms with Crippen LogP contribution in [0.3, 0.4) is 0 Å². The number of halogens is 2. The quantitative estimate of drug-likeness (QED) is 0.207. The molecule has 0 radical (unpaired) electrons. The summed E-state index contributed by atoms with van der Waals surface area (Å²) in [6, 6.07) is 22.2. The number of anilines is 2. The number of nitrogens with one attached hydrogen (secondary N) is 1. The van der Waals surface area contributed by atoms with Crippen LogP contribution in [-0.2, 0) is 20.7 Å². The minimum atomic E-state index is -0.715. The molecule has 1 N–H and O–H groups in total. The van der Waals surface area contributed by atoms with Crippen molar-refractivity contribution in [2.24, 2.45) is 0 Å². The van der Waals surface area contributed by atoms with Gasteiger partial charge in [-0.25, -0.2) is 4.79 Å². The van der Waals surface area contributed by atoms with Crippen LogP contribution >= 0.6 is 35.0 Å². The maximum atomic E-state index is 13.6. The number of rotatable bonds is 7. The summed E-state index contributed by atoms with van der Waals surface area (Å²) in [6.45, 7) is 2.01. The van der Waals surface area contributed by atoms with Crippen LogP contribution in [0.4, 0.5) is 11.4 Å². The lowest BCUT2D eigenvalue weighted by Gasteiger charge is -2.18. The first kappa shape index (κ1) is 27.3. The highest BCUT2D eigenvalue weighted by Gasteiger charge is 2.40. The van der Waals surface area contributed by atoms with Crippen LogP contribution in [0.15, 0.2) is 83.4 Å². The van der Waals surface area contributed by atoms with Crippen molar-refractivity contribution in [1.82, 2.24) is 0 Å². The van der Waals surface area contributed by atoms with E-state index >= 15 is 0 Å². The van der Waals surface area contributed by atoms with E-state index in [2.05, 4.69) is 5.32 Å². The van der Waals surface area contributed by atoms with Crippen molar-refractivity contribution >= 4 is 64.1 Å². The summed E-state index contributed by atoms with van der Waals surface area (Å²) in [6.07, 6.45) is 0.319. The van der Waals surface area contributed by atoms with Crippen LogP contribution in [-0.4, -0.2) is 29.6 Å². The summed E-state index contributed by atoms with van der Waals surface area (Å²) >= 11 is 13.4. The highest BCUT2D eigenvalue weighted by atomic mass is 35.5. The Morgan fingerprint density at radius 2 is 1.79 bits per heavy atom. The highest BCUT2D eigenvalue weighted by molar-refractivity contribution is 8.05. The number of esters is 1. The number of benzene rings is 3. The zero-order valence-corrected chi connectivity index (χ0v) is 22.4. The Morgan fingerprint density at radius 3 is 2.45 bits per heavy atom. The Morgan fingerprint density at radius 1 is 1.08 bits per heavy atom. The van der Waals surface area contributed by atoms with E-state index in [4.69, 9.17) is 27.9 Å². The Bertz CT molecular complexity index is 1450. The monoisotopic (exact) mass is 565 g/mol. The van der Waals surface area contributed by atoms with E-state index in [0.29, 0.717) is 22.7 Å². The van der Waals surface area contributed by atoms with Crippen molar-refractivity contribution in [2.45, 2.75) is 18.6 Å². The summed E-state index contributed by atoms with van der Waals surface area (Å²) in [5, 5.41) is 12.8. The summed E-state index contributed by atoms with van der Waals surface area (Å²) in [7, 11) is 0. The van der Waals surface area contributed by atoms with Gasteiger partial charge in [0.05, 0.1) is 28.1 Å². The second kappa shape index (κ2) is 12.2. The molecule has 3 aromatic rings. The molecule has 3 aromatic carbocycles. The third-order valence-corrected chi connectivity index (χ3v) is 7.41. The zero-order chi connectivity index (χ0) is 27.2. The predicted molar refractivity (Wildman–Crippen MR) is 149 cm³/mol. The number of nitriles is 1. The number of hydrogen-bond donors (Lipinski definition) is 1. The van der Waals surface area contributed by atoms with Crippen LogP contribution < -0.4 is 10.2 Å². The first-order valence-electron chi connectivity index (χ1n) is 11.5. The van der Waals surface area contributed by atoms with Gasteiger partial charge in [-0.15, -0.1) is 0 Å². The molecule has 4 rings (SSSR count). The van der Waals surface area contributed by atoms with Gasteiger partial charge in [0.15, 0.2) is 0 Å². The van der Waals surface area contributed by atoms with Crippen LogP contribution in [0.1, 0.15) is 22.8 Å². The molecular formula is C28H21Cl2N3O4S. The summed E-state index contributed by atoms with van der Waals surface area (Å²) in [5.74, 6) is -1.41. The molecule has 1 aliphatic heterocycles. The number of amides is 2. The van der Waals surface area contributed by atoms with Gasteiger partial charge in [0.25, 0.3) is 5.91 Å². The number of para-hydroxylation sites is 1. The molecule has 0 aliphatic carbocycles. The average molecular weight is 566 g/mol. The lowest BCUT2D eigenvalue weighted by atomic mass is 10.1. The van der Waals surface area contributed by atoms with Crippen LogP contribution in [0.2, 0.25) is 10.0 Å². The van der Waals surface area contributed by atoms with Gasteiger partial charge in [-0.3, -0.25) is 14.5 Å². The molecular weight excluding hydrogens is 545 g/mol. The van der Waals surface area contributed by atoms with Gasteiger partial charge in [-0.1, -0.05) is 65.3 Å². The lowest BCUT2D eigenvalue weighted by Crippen LogP contribution is -2.30. The normalized spacial score (nSPS) is 16.1. The first-order valence-corrected chi connectivity index (χ1v) is 13.2. The van der Waals surface area contributed by atoms with Gasteiger partial charge >= 0.3 is 5.97 Å². The van der Waals surface area contributed by atoms with Crippen molar-refractivity contribution in [3.05, 3.63) is 105 Å². The van der Waals surface area contributed by atoms with Crippen molar-refractivity contribution in [1.29, 1.82) is 5.26 Å². The molecule has 1 saturated heterocycles. The number of nitrogens with zero attached hydrogens (tertiary/aromatic N) is 2. The first-order chi connectivity index (χ1) is 18.3. The Labute approximate surface area is 234 Å². The summed E-state index contributed by atoms with van der Waals surface area (Å²) in [4.78, 5) is 40.2. The Kier molecular flexibility index (Phi) is 8.74. The molecule has 1 heterocycles. The second-order valence-corrected chi connectivity index (χ2v) is 10.1. The number of hydrogen-bond acceptors (Lipinski definition) is 6. The van der Waals surface area contributed by atoms with Crippen LogP contribution in [0, 0.1) is 11.3 Å². The Balaban J connectivity index is 1.66. The largest absolute Gasteiger partial charge is 0.462 e. The lowest BCUT2D eigenvalue weighted by molar-refractivity contribution is -0.117. The van der Waals surface area contributed by atoms with Crippen molar-refractivity contribution in [3.8, 4) is 6.07 Å². The van der Waals surface area contributed by atoms with Gasteiger partial charge in [-0.2, -0.15) is 5.26 Å². The third-order valence-electron chi connectivity index (χ3n) is 5.58. The maximum Gasteiger partial charge on any atom is 0.338 e. The third kappa shape index (κ3) is 6.03. The SMILES string of the molecule is CCOC(=O)c1ccc(CC2SC(=C(C#N)C(=O)Nc3cc(Cl)ccc3Cl)N(c3ccccc3)C2=O)cc1. The van der Waals surface area contributed by atoms with Crippen LogP contribution in [0.25, 0.3) is 0 Å². The highest BCUT2D eigenvalue weighted by Crippen LogP contribution is 2.42. The molecule has 1 aliphatic rings. The van der Waals surface area contributed by atoms with E-state index < -0.39 is 17.1 Å². The van der Waals surface area contributed by atoms with E-state index in [-0.39, 0.29) is 33.8 Å². The van der Waals surface area contributed by atoms with Gasteiger partial charge in [0, 0.05) is 10.7 Å². The Hall–Kier alpha value is -3.77. The average Bonchev–Trinajstić information content (AvgIpc) is 3.22. The number of carbonyl (C=O) groups excluding carboxylic acids is 3. The molecule has 0 spiro atoms. The molecule has 0 bridgehead atoms. The smallest absolute Gasteiger partial charge is 0.338 e. The molecule has 192 valence electrons. The molecule has 1 fully saturated rings. The minimum Gasteiger partial charge on any atom is -0.462 e. The topological polar surface area (TPSA) is 99.5 Å². The van der Waals surface area contributed by atoms with Crippen molar-refractivity contribution in [3.63, 3.8) is 0 Å². The fourth-order valence-electron chi connectivity index (χ4n) is 3.78. The standard InChI is InChI=1S/C28H21Cl2N3O4S/c1-2-37-28(36)18-10-8-17(9-11-18)14-24-26(35)33(20-6-4-3-5-7-20)27(38-24)21(16-31)25(34)32-23-15-19(29)12-13-22(23)30/h3-13,15,24H,2,14H2,1H3,(H,32,34). The molecule has 10 heteroatoms. The van der Waals surface area contributed by atoms with E-state index in [1.807, 2.05) is 12.1 Å². The van der Waals surface area contributed by atoms with Crippen LogP contribution in [0.5, 0.6) is 0 Å². The second-order valence-electron chi connectivity index (χ2n) is 8.11. The molecule has 0 aromatic heterocycles. The molecule has 2 amide bonds. The molecule has 0 saturated carbocycles. The number of thioether (sulfide) groups is 1. The molecule has 1 unspecified atom stereocenters. The zero-order valence-electron chi connectivity index (χ0n) is 20.1. The maximum absolute atomic E-state index is 13.6. The fraction of sp³-hybridized carbons (Fsp3) is 0.143. The molecule has 1 atom stereocenters. The van der Waals surface area contributed by atoms with E-state index in [1.165, 1.54) is 17.0 Å². The van der Waals surface area contributed by atoms with Gasteiger partial charge in [-0.05, 0) is 61.4 Å². The minimum absolute atomic E-state index is 0.215. The fourth-order valence-corrected chi connectivity index (χ4v) is 5.43. The molecule has 7 nitrogen and oxygen atoms in total. The molecule has 38 heavy (non-hydrogen) atoms. The van der Waals surface area contributed by atoms with Gasteiger partial charge < -0.3 is 10.1 Å². The summed E-state index contributed by atoms with van der Waals surface area (Å²) < 4.78 is 5.02. The van der Waals surface area contributed by atoms with Crippen molar-refractivity contribution < 1.29 is 19.1 Å². The van der Waals surface area contributed by atoms with E-state index in [9.17, 15) is 19.6 Å². The predicted octanol–water partition coefficient (Wildman–Crippen LogP) is 6.24. The summed E-state index contributed by atoms with van der Waals surface area (Å²) in [5.41, 5.74) is 1.77. The van der Waals surface area contributed by atoms with E-state index in [0.717, 1.165) is 17.3 Å². The van der Waals surface area contributed by atoms with Crippen molar-refractivity contribution in [2.75, 3.05) is 16.8 Å². The number of carbonyl (C=O) groups is 3. The van der Waals surface area contributed by atoms with Gasteiger partial charge in [0.2, 0.25) is 5.91 Å².